The Morgan fingerprint density at radius 2 is 1.46 bits per heavy atom. The van der Waals surface area contributed by atoms with Crippen molar-refractivity contribution in [3.8, 4) is 22.5 Å². The van der Waals surface area contributed by atoms with Gasteiger partial charge in [0.2, 0.25) is 0 Å². The SMILES string of the molecule is CC(C)(C)Cc1ccnc(-c2[c-]ccc3c2oc2c4cccnc4ccc32)c1.[Ir].[c-]1ccccc1-c1ccccn1. The van der Waals surface area contributed by atoms with E-state index in [2.05, 4.69) is 78.2 Å². The molecule has 3 aromatic carbocycles. The number of nitrogens with zero attached hydrogens (tertiary/aromatic N) is 3. The third-order valence-electron chi connectivity index (χ3n) is 6.64. The van der Waals surface area contributed by atoms with E-state index in [0.717, 1.165) is 61.8 Å². The molecular formula is C36H29IrN3O-2. The minimum absolute atomic E-state index is 0. The zero-order chi connectivity index (χ0) is 27.5. The van der Waals surface area contributed by atoms with E-state index in [-0.39, 0.29) is 25.5 Å². The molecule has 7 rings (SSSR count). The molecule has 5 heteroatoms. The Labute approximate surface area is 253 Å². The molecule has 41 heavy (non-hydrogen) atoms. The van der Waals surface area contributed by atoms with E-state index in [1.165, 1.54) is 5.56 Å². The molecule has 0 saturated heterocycles. The molecule has 4 aromatic heterocycles. The van der Waals surface area contributed by atoms with E-state index in [9.17, 15) is 0 Å². The van der Waals surface area contributed by atoms with Gasteiger partial charge in [-0.25, -0.2) is 0 Å². The normalized spacial score (nSPS) is 11.2. The van der Waals surface area contributed by atoms with Gasteiger partial charge in [-0.05, 0) is 59.6 Å². The first-order valence-electron chi connectivity index (χ1n) is 13.4. The molecule has 205 valence electrons. The Hall–Kier alpha value is -4.18. The van der Waals surface area contributed by atoms with Gasteiger partial charge in [0.05, 0.1) is 11.1 Å². The minimum Gasteiger partial charge on any atom is -0.500 e. The quantitative estimate of drug-likeness (QED) is 0.172. The summed E-state index contributed by atoms with van der Waals surface area (Å²) in [5.74, 6) is 0. The number of fused-ring (bicyclic) bond motifs is 5. The summed E-state index contributed by atoms with van der Waals surface area (Å²) in [4.78, 5) is 13.3. The molecule has 0 bridgehead atoms. The molecule has 0 saturated carbocycles. The Morgan fingerprint density at radius 3 is 2.24 bits per heavy atom. The fourth-order valence-corrected chi connectivity index (χ4v) is 4.95. The van der Waals surface area contributed by atoms with Crippen LogP contribution in [0, 0.1) is 17.5 Å². The molecule has 0 aliphatic rings. The van der Waals surface area contributed by atoms with Crippen molar-refractivity contribution < 1.29 is 24.5 Å². The van der Waals surface area contributed by atoms with Crippen molar-refractivity contribution in [1.29, 1.82) is 0 Å². The molecule has 4 nitrogen and oxygen atoms in total. The number of aromatic nitrogens is 3. The second-order valence-electron chi connectivity index (χ2n) is 11.0. The fourth-order valence-electron chi connectivity index (χ4n) is 4.95. The molecule has 0 fully saturated rings. The molecular weight excluding hydrogens is 683 g/mol. The molecule has 0 unspecified atom stereocenters. The molecule has 0 amide bonds. The van der Waals surface area contributed by atoms with E-state index >= 15 is 0 Å². The molecule has 0 aliphatic heterocycles. The van der Waals surface area contributed by atoms with Crippen molar-refractivity contribution in [2.45, 2.75) is 27.2 Å². The van der Waals surface area contributed by atoms with Crippen LogP contribution in [-0.2, 0) is 26.5 Å². The van der Waals surface area contributed by atoms with Gasteiger partial charge in [-0.2, -0.15) is 0 Å². The standard InChI is InChI=1S/C25H21N2O.C11H8N.Ir/c1-25(2,3)15-16-11-13-27-22(14-16)20-7-4-6-17-18-9-10-21-19(8-5-12-26-21)24(18)28-23(17)20;1-2-6-10(7-3-1)11-8-4-5-9-12-11;/h4-6,8-14H,15H2,1-3H3;1-6,8-9H;/q2*-1;. The summed E-state index contributed by atoms with van der Waals surface area (Å²) in [6, 6.07) is 36.6. The van der Waals surface area contributed by atoms with Gasteiger partial charge < -0.3 is 14.4 Å². The molecule has 4 heterocycles. The van der Waals surface area contributed by atoms with Crippen LogP contribution in [0.4, 0.5) is 0 Å². The predicted molar refractivity (Wildman–Crippen MR) is 163 cm³/mol. The maximum Gasteiger partial charge on any atom is 0.130 e. The van der Waals surface area contributed by atoms with E-state index in [0.29, 0.717) is 0 Å². The number of pyridine rings is 3. The largest absolute Gasteiger partial charge is 0.500 e. The maximum atomic E-state index is 6.38. The molecule has 7 aromatic rings. The van der Waals surface area contributed by atoms with Gasteiger partial charge in [-0.15, -0.1) is 54.1 Å². The van der Waals surface area contributed by atoms with Crippen molar-refractivity contribution in [1.82, 2.24) is 15.0 Å². The first-order valence-corrected chi connectivity index (χ1v) is 13.4. The second-order valence-corrected chi connectivity index (χ2v) is 11.0. The van der Waals surface area contributed by atoms with Crippen LogP contribution in [0.5, 0.6) is 0 Å². The van der Waals surface area contributed by atoms with Gasteiger partial charge in [0.25, 0.3) is 0 Å². The predicted octanol–water partition coefficient (Wildman–Crippen LogP) is 9.13. The van der Waals surface area contributed by atoms with Crippen LogP contribution >= 0.6 is 0 Å². The number of rotatable bonds is 3. The van der Waals surface area contributed by atoms with Gasteiger partial charge in [-0.3, -0.25) is 4.98 Å². The summed E-state index contributed by atoms with van der Waals surface area (Å²) >= 11 is 0. The van der Waals surface area contributed by atoms with E-state index in [1.54, 1.807) is 12.4 Å². The third-order valence-corrected chi connectivity index (χ3v) is 6.64. The first-order chi connectivity index (χ1) is 19.5. The van der Waals surface area contributed by atoms with Crippen LogP contribution < -0.4 is 0 Å². The zero-order valence-electron chi connectivity index (χ0n) is 23.2. The summed E-state index contributed by atoms with van der Waals surface area (Å²) in [5, 5.41) is 3.20. The van der Waals surface area contributed by atoms with E-state index in [4.69, 9.17) is 4.42 Å². The maximum absolute atomic E-state index is 6.38. The number of benzene rings is 3. The smallest absolute Gasteiger partial charge is 0.130 e. The van der Waals surface area contributed by atoms with Crippen LogP contribution in [0.3, 0.4) is 0 Å². The van der Waals surface area contributed by atoms with Crippen molar-refractivity contribution in [2.24, 2.45) is 5.41 Å². The monoisotopic (exact) mass is 712 g/mol. The van der Waals surface area contributed by atoms with Crippen molar-refractivity contribution in [3.63, 3.8) is 0 Å². The van der Waals surface area contributed by atoms with Crippen LogP contribution in [0.15, 0.2) is 114 Å². The van der Waals surface area contributed by atoms with E-state index in [1.807, 2.05) is 66.9 Å². The summed E-state index contributed by atoms with van der Waals surface area (Å²) in [5.41, 5.74) is 7.94. The van der Waals surface area contributed by atoms with Crippen molar-refractivity contribution >= 4 is 32.8 Å². The molecule has 0 spiro atoms. The first kappa shape index (κ1) is 28.4. The van der Waals surface area contributed by atoms with Gasteiger partial charge >= 0.3 is 0 Å². The molecule has 0 aliphatic carbocycles. The van der Waals surface area contributed by atoms with Crippen molar-refractivity contribution in [3.05, 3.63) is 127 Å². The number of hydrogen-bond donors (Lipinski definition) is 0. The van der Waals surface area contributed by atoms with Gasteiger partial charge in [0, 0.05) is 49.5 Å². The molecule has 1 radical (unpaired) electrons. The fraction of sp³-hybridized carbons (Fsp3) is 0.139. The Bertz CT molecular complexity index is 1870. The average molecular weight is 712 g/mol. The van der Waals surface area contributed by atoms with Crippen LogP contribution in [0.25, 0.3) is 55.4 Å². The van der Waals surface area contributed by atoms with Crippen LogP contribution in [0.1, 0.15) is 26.3 Å². The van der Waals surface area contributed by atoms with E-state index < -0.39 is 0 Å². The van der Waals surface area contributed by atoms with Gasteiger partial charge in [0.15, 0.2) is 0 Å². The minimum atomic E-state index is 0. The molecule has 0 atom stereocenters. The third kappa shape index (κ3) is 6.27. The summed E-state index contributed by atoms with van der Waals surface area (Å²) in [7, 11) is 0. The Balaban J connectivity index is 0.000000218. The average Bonchev–Trinajstić information content (AvgIpc) is 3.37. The van der Waals surface area contributed by atoms with Crippen LogP contribution in [-0.4, -0.2) is 15.0 Å². The molecule has 0 N–H and O–H groups in total. The topological polar surface area (TPSA) is 51.8 Å². The summed E-state index contributed by atoms with van der Waals surface area (Å²) in [6.45, 7) is 6.75. The van der Waals surface area contributed by atoms with Gasteiger partial charge in [0.1, 0.15) is 5.58 Å². The Kier molecular flexibility index (Phi) is 8.39. The second kappa shape index (κ2) is 12.1. The summed E-state index contributed by atoms with van der Waals surface area (Å²) < 4.78 is 6.38. The van der Waals surface area contributed by atoms with Crippen molar-refractivity contribution in [2.75, 3.05) is 0 Å². The summed E-state index contributed by atoms with van der Waals surface area (Å²) in [6.07, 6.45) is 6.47. The number of furan rings is 1. The van der Waals surface area contributed by atoms with Crippen LogP contribution in [0.2, 0.25) is 0 Å². The van der Waals surface area contributed by atoms with Gasteiger partial charge in [-0.1, -0.05) is 55.5 Å². The number of hydrogen-bond acceptors (Lipinski definition) is 4. The Morgan fingerprint density at radius 1 is 0.659 bits per heavy atom. The zero-order valence-corrected chi connectivity index (χ0v) is 25.6.